The van der Waals surface area contributed by atoms with Gasteiger partial charge in [-0.2, -0.15) is 0 Å². The molecular formula is C15H14N2O2. The molecule has 1 heterocycles. The molecule has 2 aromatic rings. The van der Waals surface area contributed by atoms with E-state index in [-0.39, 0.29) is 11.0 Å². The zero-order chi connectivity index (χ0) is 13.5. The fourth-order valence-electron chi connectivity index (χ4n) is 2.43. The molecule has 1 aliphatic carbocycles. The number of carbonyl (C=O) groups is 1. The predicted molar refractivity (Wildman–Crippen MR) is 70.2 cm³/mol. The first-order valence-corrected chi connectivity index (χ1v) is 6.26. The van der Waals surface area contributed by atoms with E-state index >= 15 is 0 Å². The fourth-order valence-corrected chi connectivity index (χ4v) is 2.43. The van der Waals surface area contributed by atoms with Crippen LogP contribution in [0.3, 0.4) is 0 Å². The van der Waals surface area contributed by atoms with Crippen LogP contribution in [0.5, 0.6) is 0 Å². The average Bonchev–Trinajstić information content (AvgIpc) is 3.20. The number of benzene rings is 1. The van der Waals surface area contributed by atoms with Gasteiger partial charge in [0.05, 0.1) is 16.7 Å². The average molecular weight is 254 g/mol. The Bertz CT molecular complexity index is 634. The Balaban J connectivity index is 2.04. The molecule has 19 heavy (non-hydrogen) atoms. The zero-order valence-electron chi connectivity index (χ0n) is 10.6. The van der Waals surface area contributed by atoms with E-state index in [0.717, 1.165) is 18.7 Å². The first kappa shape index (κ1) is 11.8. The quantitative estimate of drug-likeness (QED) is 0.914. The standard InChI is InChI=1S/C15H14N2O2/c1-10-12(13(18)19)9-16-14(17-10)15(7-8-15)11-5-3-2-4-6-11/h2-6,9H,7-8H2,1H3,(H,18,19). The number of aromatic nitrogens is 2. The molecule has 0 unspecified atom stereocenters. The van der Waals surface area contributed by atoms with E-state index in [0.29, 0.717) is 5.69 Å². The maximum absolute atomic E-state index is 11.0. The summed E-state index contributed by atoms with van der Waals surface area (Å²) < 4.78 is 0. The second-order valence-electron chi connectivity index (χ2n) is 4.95. The Morgan fingerprint density at radius 1 is 1.26 bits per heavy atom. The molecule has 1 N–H and O–H groups in total. The normalized spacial score (nSPS) is 16.1. The van der Waals surface area contributed by atoms with Crippen molar-refractivity contribution < 1.29 is 9.90 Å². The molecule has 4 nitrogen and oxygen atoms in total. The molecule has 1 aliphatic rings. The third-order valence-corrected chi connectivity index (χ3v) is 3.71. The first-order chi connectivity index (χ1) is 9.13. The van der Waals surface area contributed by atoms with Gasteiger partial charge in [-0.1, -0.05) is 30.3 Å². The summed E-state index contributed by atoms with van der Waals surface area (Å²) >= 11 is 0. The van der Waals surface area contributed by atoms with Gasteiger partial charge < -0.3 is 5.11 Å². The Labute approximate surface area is 111 Å². The summed E-state index contributed by atoms with van der Waals surface area (Å²) in [5.41, 5.74) is 1.80. The molecule has 0 saturated heterocycles. The smallest absolute Gasteiger partial charge is 0.339 e. The third-order valence-electron chi connectivity index (χ3n) is 3.71. The van der Waals surface area contributed by atoms with Crippen LogP contribution in [0.2, 0.25) is 0 Å². The summed E-state index contributed by atoms with van der Waals surface area (Å²) in [5.74, 6) is -0.241. The van der Waals surface area contributed by atoms with Crippen LogP contribution in [0.25, 0.3) is 0 Å². The van der Waals surface area contributed by atoms with E-state index in [1.165, 1.54) is 11.8 Å². The van der Waals surface area contributed by atoms with Crippen molar-refractivity contribution in [1.29, 1.82) is 0 Å². The van der Waals surface area contributed by atoms with Crippen molar-refractivity contribution >= 4 is 5.97 Å². The van der Waals surface area contributed by atoms with Crippen LogP contribution in [0.15, 0.2) is 36.5 Å². The van der Waals surface area contributed by atoms with E-state index in [1.54, 1.807) is 6.92 Å². The van der Waals surface area contributed by atoms with Crippen molar-refractivity contribution in [3.63, 3.8) is 0 Å². The van der Waals surface area contributed by atoms with E-state index in [4.69, 9.17) is 5.11 Å². The van der Waals surface area contributed by atoms with Gasteiger partial charge >= 0.3 is 5.97 Å². The largest absolute Gasteiger partial charge is 0.478 e. The summed E-state index contributed by atoms with van der Waals surface area (Å²) in [7, 11) is 0. The molecule has 0 amide bonds. The topological polar surface area (TPSA) is 63.1 Å². The number of aromatic carboxylic acids is 1. The van der Waals surface area contributed by atoms with Crippen molar-refractivity contribution in [2.24, 2.45) is 0 Å². The highest BCUT2D eigenvalue weighted by molar-refractivity contribution is 5.88. The van der Waals surface area contributed by atoms with Crippen LogP contribution in [0.4, 0.5) is 0 Å². The number of rotatable bonds is 3. The van der Waals surface area contributed by atoms with Gasteiger partial charge in [0.1, 0.15) is 5.82 Å². The molecule has 4 heteroatoms. The number of nitrogens with zero attached hydrogens (tertiary/aromatic N) is 2. The summed E-state index contributed by atoms with van der Waals surface area (Å²) in [6.45, 7) is 1.72. The Morgan fingerprint density at radius 3 is 2.47 bits per heavy atom. The minimum atomic E-state index is -0.978. The minimum absolute atomic E-state index is 0.108. The van der Waals surface area contributed by atoms with Crippen LogP contribution in [0.1, 0.15) is 40.3 Å². The second-order valence-corrected chi connectivity index (χ2v) is 4.95. The van der Waals surface area contributed by atoms with Crippen molar-refractivity contribution in [2.45, 2.75) is 25.2 Å². The predicted octanol–water partition coefficient (Wildman–Crippen LogP) is 2.56. The number of hydrogen-bond donors (Lipinski definition) is 1. The van der Waals surface area contributed by atoms with E-state index in [9.17, 15) is 4.79 Å². The van der Waals surface area contributed by atoms with Gasteiger partial charge in [-0.05, 0) is 25.3 Å². The lowest BCUT2D eigenvalue weighted by molar-refractivity contribution is 0.0695. The molecule has 1 saturated carbocycles. The number of carboxylic acids is 1. The van der Waals surface area contributed by atoms with E-state index in [1.807, 2.05) is 18.2 Å². The molecule has 3 rings (SSSR count). The fraction of sp³-hybridized carbons (Fsp3) is 0.267. The van der Waals surface area contributed by atoms with Gasteiger partial charge in [-0.25, -0.2) is 14.8 Å². The van der Waals surface area contributed by atoms with Gasteiger partial charge in [0.15, 0.2) is 0 Å². The highest BCUT2D eigenvalue weighted by atomic mass is 16.4. The van der Waals surface area contributed by atoms with Crippen molar-refractivity contribution in [3.8, 4) is 0 Å². The monoisotopic (exact) mass is 254 g/mol. The lowest BCUT2D eigenvalue weighted by Crippen LogP contribution is -2.16. The number of hydrogen-bond acceptors (Lipinski definition) is 3. The molecule has 0 spiro atoms. The van der Waals surface area contributed by atoms with Gasteiger partial charge in [0.25, 0.3) is 0 Å². The summed E-state index contributed by atoms with van der Waals surface area (Å²) in [5, 5.41) is 9.01. The maximum Gasteiger partial charge on any atom is 0.339 e. The third kappa shape index (κ3) is 1.89. The van der Waals surface area contributed by atoms with Gasteiger partial charge in [0.2, 0.25) is 0 Å². The van der Waals surface area contributed by atoms with Crippen LogP contribution >= 0.6 is 0 Å². The Morgan fingerprint density at radius 2 is 1.95 bits per heavy atom. The van der Waals surface area contributed by atoms with E-state index in [2.05, 4.69) is 22.1 Å². The van der Waals surface area contributed by atoms with Crippen LogP contribution in [0, 0.1) is 6.92 Å². The highest BCUT2D eigenvalue weighted by Crippen LogP contribution is 2.51. The molecule has 0 radical (unpaired) electrons. The van der Waals surface area contributed by atoms with Gasteiger partial charge in [-0.3, -0.25) is 0 Å². The first-order valence-electron chi connectivity index (χ1n) is 6.26. The molecule has 0 aliphatic heterocycles. The van der Waals surface area contributed by atoms with Crippen molar-refractivity contribution in [1.82, 2.24) is 9.97 Å². The lowest BCUT2D eigenvalue weighted by atomic mass is 9.95. The van der Waals surface area contributed by atoms with Crippen LogP contribution < -0.4 is 0 Å². The molecule has 96 valence electrons. The highest BCUT2D eigenvalue weighted by Gasteiger charge is 2.48. The molecule has 0 atom stereocenters. The van der Waals surface area contributed by atoms with Crippen LogP contribution in [-0.4, -0.2) is 21.0 Å². The summed E-state index contributed by atoms with van der Waals surface area (Å²) in [6, 6.07) is 10.2. The SMILES string of the molecule is Cc1nc(C2(c3ccccc3)CC2)ncc1C(=O)O. The van der Waals surface area contributed by atoms with Gasteiger partial charge in [0, 0.05) is 6.20 Å². The molecule has 1 fully saturated rings. The minimum Gasteiger partial charge on any atom is -0.478 e. The van der Waals surface area contributed by atoms with Gasteiger partial charge in [-0.15, -0.1) is 0 Å². The Kier molecular flexibility index (Phi) is 2.59. The number of aryl methyl sites for hydroxylation is 1. The molecule has 1 aromatic carbocycles. The van der Waals surface area contributed by atoms with E-state index < -0.39 is 5.97 Å². The van der Waals surface area contributed by atoms with Crippen molar-refractivity contribution in [3.05, 3.63) is 59.2 Å². The summed E-state index contributed by atoms with van der Waals surface area (Å²) in [6.07, 6.45) is 3.45. The maximum atomic E-state index is 11.0. The lowest BCUT2D eigenvalue weighted by Gasteiger charge is -2.15. The number of carboxylic acid groups (broad SMARTS) is 1. The zero-order valence-corrected chi connectivity index (χ0v) is 10.6. The summed E-state index contributed by atoms with van der Waals surface area (Å²) in [4.78, 5) is 19.7. The molecule has 0 bridgehead atoms. The molecule has 1 aromatic heterocycles. The Hall–Kier alpha value is -2.23. The van der Waals surface area contributed by atoms with Crippen LogP contribution in [-0.2, 0) is 5.41 Å². The van der Waals surface area contributed by atoms with Crippen molar-refractivity contribution in [2.75, 3.05) is 0 Å². The second kappa shape index (κ2) is 4.16. The molecular weight excluding hydrogens is 240 g/mol.